The molecule has 0 radical (unpaired) electrons. The average Bonchev–Trinajstić information content (AvgIpc) is 2.09. The highest BCUT2D eigenvalue weighted by Gasteiger charge is 1.96. The molecule has 1 nitrogen and oxygen atoms in total. The fraction of sp³-hybridized carbons (Fsp3) is 0.727. The zero-order valence-electron chi connectivity index (χ0n) is 8.25. The first-order valence-corrected chi connectivity index (χ1v) is 4.89. The maximum absolute atomic E-state index is 9.97. The van der Waals surface area contributed by atoms with Gasteiger partial charge in [0.05, 0.1) is 0 Å². The zero-order chi connectivity index (χ0) is 9.23. The molecule has 0 spiro atoms. The molecule has 0 saturated heterocycles. The summed E-state index contributed by atoms with van der Waals surface area (Å²) in [6, 6.07) is 0. The van der Waals surface area contributed by atoms with Gasteiger partial charge in [0.1, 0.15) is 6.29 Å². The van der Waals surface area contributed by atoms with E-state index in [9.17, 15) is 4.79 Å². The molecule has 0 aromatic heterocycles. The van der Waals surface area contributed by atoms with Gasteiger partial charge < -0.3 is 4.79 Å². The Labute approximate surface area is 75.9 Å². The van der Waals surface area contributed by atoms with Crippen molar-refractivity contribution < 1.29 is 4.79 Å². The third-order valence-electron chi connectivity index (χ3n) is 1.99. The van der Waals surface area contributed by atoms with Crippen molar-refractivity contribution in [1.29, 1.82) is 0 Å². The summed E-state index contributed by atoms with van der Waals surface area (Å²) in [5, 5.41) is 0. The van der Waals surface area contributed by atoms with Crippen molar-refractivity contribution in [1.82, 2.24) is 0 Å². The van der Waals surface area contributed by atoms with E-state index < -0.39 is 0 Å². The lowest BCUT2D eigenvalue weighted by Crippen LogP contribution is -1.91. The highest BCUT2D eigenvalue weighted by molar-refractivity contribution is 5.51. The molecule has 0 bridgehead atoms. The van der Waals surface area contributed by atoms with E-state index in [1.54, 1.807) is 0 Å². The molecule has 0 amide bonds. The second kappa shape index (κ2) is 8.51. The van der Waals surface area contributed by atoms with Gasteiger partial charge >= 0.3 is 0 Å². The van der Waals surface area contributed by atoms with Crippen LogP contribution in [0.5, 0.6) is 0 Å². The second-order valence-electron chi connectivity index (χ2n) is 3.36. The number of hydrogen-bond donors (Lipinski definition) is 0. The molecule has 1 unspecified atom stereocenters. The minimum atomic E-state index is 0.570. The summed E-state index contributed by atoms with van der Waals surface area (Å²) in [4.78, 5) is 9.97. The fourth-order valence-corrected chi connectivity index (χ4v) is 1.15. The molecule has 70 valence electrons. The van der Waals surface area contributed by atoms with Crippen LogP contribution >= 0.6 is 0 Å². The Kier molecular flexibility index (Phi) is 8.09. The summed E-state index contributed by atoms with van der Waals surface area (Å²) >= 11 is 0. The van der Waals surface area contributed by atoms with E-state index in [1.165, 1.54) is 19.3 Å². The number of hydrogen-bond acceptors (Lipinski definition) is 1. The summed E-state index contributed by atoms with van der Waals surface area (Å²) in [5.41, 5.74) is 0. The number of aldehydes is 1. The van der Waals surface area contributed by atoms with Crippen molar-refractivity contribution in [2.75, 3.05) is 0 Å². The molecule has 1 heteroatoms. The van der Waals surface area contributed by atoms with E-state index in [2.05, 4.69) is 19.9 Å². The van der Waals surface area contributed by atoms with Gasteiger partial charge in [0.25, 0.3) is 0 Å². The van der Waals surface area contributed by atoms with Gasteiger partial charge in [-0.25, -0.2) is 0 Å². The molecular formula is C11H20O. The monoisotopic (exact) mass is 168 g/mol. The largest absolute Gasteiger partial charge is 0.303 e. The first kappa shape index (κ1) is 11.4. The fourth-order valence-electron chi connectivity index (χ4n) is 1.15. The first-order chi connectivity index (χ1) is 5.81. The van der Waals surface area contributed by atoms with Crippen molar-refractivity contribution in [2.24, 2.45) is 5.92 Å². The molecule has 0 fully saturated rings. The predicted molar refractivity (Wildman–Crippen MR) is 53.1 cm³/mol. The van der Waals surface area contributed by atoms with Gasteiger partial charge in [-0.15, -0.1) is 0 Å². The van der Waals surface area contributed by atoms with Crippen molar-refractivity contribution in [3.8, 4) is 0 Å². The first-order valence-electron chi connectivity index (χ1n) is 4.89. The molecule has 0 aromatic carbocycles. The van der Waals surface area contributed by atoms with Crippen LogP contribution in [-0.2, 0) is 4.79 Å². The normalized spacial score (nSPS) is 13.5. The van der Waals surface area contributed by atoms with Crippen molar-refractivity contribution >= 4 is 6.29 Å². The van der Waals surface area contributed by atoms with Crippen molar-refractivity contribution in [3.63, 3.8) is 0 Å². The van der Waals surface area contributed by atoms with Crippen LogP contribution < -0.4 is 0 Å². The average molecular weight is 168 g/mol. The molecule has 0 heterocycles. The lowest BCUT2D eigenvalue weighted by molar-refractivity contribution is -0.107. The van der Waals surface area contributed by atoms with Crippen LogP contribution in [0.4, 0.5) is 0 Å². The molecule has 12 heavy (non-hydrogen) atoms. The van der Waals surface area contributed by atoms with E-state index in [0.717, 1.165) is 18.6 Å². The standard InChI is InChI=1S/C11H20O/c1-3-4-8-11(2)9-6-5-7-10-12/h5-6,10-11H,3-4,7-9H2,1-2H3/b6-5+. The summed E-state index contributed by atoms with van der Waals surface area (Å²) in [6.45, 7) is 4.48. The molecule has 0 saturated carbocycles. The molecule has 1 atom stereocenters. The number of unbranched alkanes of at least 4 members (excludes halogenated alkanes) is 1. The SMILES string of the molecule is CCCCC(C)C/C=C/CC=O. The Morgan fingerprint density at radius 2 is 2.08 bits per heavy atom. The van der Waals surface area contributed by atoms with Crippen LogP contribution in [0, 0.1) is 5.92 Å². The van der Waals surface area contributed by atoms with Crippen molar-refractivity contribution in [2.45, 2.75) is 46.0 Å². The predicted octanol–water partition coefficient (Wildman–Crippen LogP) is 3.35. The molecule has 0 aliphatic heterocycles. The lowest BCUT2D eigenvalue weighted by Gasteiger charge is -2.05. The van der Waals surface area contributed by atoms with Gasteiger partial charge in [-0.2, -0.15) is 0 Å². The summed E-state index contributed by atoms with van der Waals surface area (Å²) in [7, 11) is 0. The molecule has 0 rings (SSSR count). The summed E-state index contributed by atoms with van der Waals surface area (Å²) in [6.07, 6.45) is 10.6. The summed E-state index contributed by atoms with van der Waals surface area (Å²) in [5.74, 6) is 0.771. The Hall–Kier alpha value is -0.590. The maximum atomic E-state index is 9.97. The highest BCUT2D eigenvalue weighted by Crippen LogP contribution is 2.11. The number of carbonyl (C=O) groups is 1. The smallest absolute Gasteiger partial charge is 0.123 e. The Morgan fingerprint density at radius 1 is 1.33 bits per heavy atom. The van der Waals surface area contributed by atoms with E-state index in [-0.39, 0.29) is 0 Å². The minimum absolute atomic E-state index is 0.570. The van der Waals surface area contributed by atoms with Gasteiger partial charge in [0.15, 0.2) is 0 Å². The third-order valence-corrected chi connectivity index (χ3v) is 1.99. The van der Waals surface area contributed by atoms with Gasteiger partial charge in [-0.1, -0.05) is 45.3 Å². The number of rotatable bonds is 7. The molecule has 0 aliphatic rings. The zero-order valence-corrected chi connectivity index (χ0v) is 8.25. The van der Waals surface area contributed by atoms with Crippen LogP contribution in [0.15, 0.2) is 12.2 Å². The quantitative estimate of drug-likeness (QED) is 0.421. The van der Waals surface area contributed by atoms with Crippen LogP contribution in [0.3, 0.4) is 0 Å². The van der Waals surface area contributed by atoms with E-state index in [4.69, 9.17) is 0 Å². The van der Waals surface area contributed by atoms with Gasteiger partial charge in [0, 0.05) is 6.42 Å². The molecular weight excluding hydrogens is 148 g/mol. The summed E-state index contributed by atoms with van der Waals surface area (Å²) < 4.78 is 0. The van der Waals surface area contributed by atoms with Gasteiger partial charge in [-0.05, 0) is 12.3 Å². The number of allylic oxidation sites excluding steroid dienone is 2. The Morgan fingerprint density at radius 3 is 2.67 bits per heavy atom. The Balaban J connectivity index is 3.29. The van der Waals surface area contributed by atoms with Crippen molar-refractivity contribution in [3.05, 3.63) is 12.2 Å². The second-order valence-corrected chi connectivity index (χ2v) is 3.36. The topological polar surface area (TPSA) is 17.1 Å². The van der Waals surface area contributed by atoms with Crippen LogP contribution in [-0.4, -0.2) is 6.29 Å². The van der Waals surface area contributed by atoms with Crippen LogP contribution in [0.1, 0.15) is 46.0 Å². The van der Waals surface area contributed by atoms with Crippen LogP contribution in [0.2, 0.25) is 0 Å². The van der Waals surface area contributed by atoms with Gasteiger partial charge in [-0.3, -0.25) is 0 Å². The maximum Gasteiger partial charge on any atom is 0.123 e. The van der Waals surface area contributed by atoms with Crippen LogP contribution in [0.25, 0.3) is 0 Å². The molecule has 0 N–H and O–H groups in total. The highest BCUT2D eigenvalue weighted by atomic mass is 16.1. The lowest BCUT2D eigenvalue weighted by atomic mass is 10.0. The molecule has 0 aromatic rings. The molecule has 0 aliphatic carbocycles. The van der Waals surface area contributed by atoms with E-state index in [1.807, 2.05) is 6.08 Å². The Bertz CT molecular complexity index is 127. The van der Waals surface area contributed by atoms with E-state index in [0.29, 0.717) is 6.42 Å². The number of carbonyl (C=O) groups excluding carboxylic acids is 1. The third kappa shape index (κ3) is 7.52. The van der Waals surface area contributed by atoms with Gasteiger partial charge in [0.2, 0.25) is 0 Å². The minimum Gasteiger partial charge on any atom is -0.303 e. The van der Waals surface area contributed by atoms with E-state index >= 15 is 0 Å².